The lowest BCUT2D eigenvalue weighted by Gasteiger charge is -2.09. The average Bonchev–Trinajstić information content (AvgIpc) is 2.63. The minimum Gasteiger partial charge on any atom is -0.358 e. The normalized spacial score (nSPS) is 10.5. The summed E-state index contributed by atoms with van der Waals surface area (Å²) >= 11 is 0. The van der Waals surface area contributed by atoms with Gasteiger partial charge in [-0.05, 0) is 44.0 Å². The molecule has 1 N–H and O–H groups in total. The molecule has 3 nitrogen and oxygen atoms in total. The van der Waals surface area contributed by atoms with Crippen molar-refractivity contribution in [1.29, 1.82) is 0 Å². The fourth-order valence-corrected chi connectivity index (χ4v) is 1.75. The molecule has 1 heterocycles. The Kier molecular flexibility index (Phi) is 2.69. The molecule has 2 rings (SSSR count). The molecule has 3 heteroatoms. The van der Waals surface area contributed by atoms with Gasteiger partial charge in [-0.3, -0.25) is 4.57 Å². The van der Waals surface area contributed by atoms with Gasteiger partial charge in [-0.1, -0.05) is 6.07 Å². The number of hydrogen-bond acceptors (Lipinski definition) is 2. The van der Waals surface area contributed by atoms with Gasteiger partial charge in [0, 0.05) is 18.9 Å². The Hall–Kier alpha value is -1.77. The predicted molar refractivity (Wildman–Crippen MR) is 67.3 cm³/mol. The average molecular weight is 215 g/mol. The van der Waals surface area contributed by atoms with E-state index < -0.39 is 0 Å². The van der Waals surface area contributed by atoms with Gasteiger partial charge in [0.25, 0.3) is 0 Å². The van der Waals surface area contributed by atoms with Crippen LogP contribution in [0.15, 0.2) is 24.4 Å². The van der Waals surface area contributed by atoms with E-state index in [1.807, 2.05) is 20.2 Å². The molecule has 0 aliphatic rings. The number of aryl methyl sites for hydroxylation is 3. The van der Waals surface area contributed by atoms with Crippen LogP contribution in [0, 0.1) is 20.8 Å². The minimum absolute atomic E-state index is 0.876. The molecule has 0 fully saturated rings. The third-order valence-electron chi connectivity index (χ3n) is 2.82. The molecule has 1 aromatic heterocycles. The van der Waals surface area contributed by atoms with E-state index in [1.54, 1.807) is 0 Å². The van der Waals surface area contributed by atoms with Gasteiger partial charge in [0.15, 0.2) is 0 Å². The molecule has 0 unspecified atom stereocenters. The van der Waals surface area contributed by atoms with Crippen LogP contribution in [0.25, 0.3) is 5.69 Å². The van der Waals surface area contributed by atoms with Crippen LogP contribution in [0.3, 0.4) is 0 Å². The number of rotatable bonds is 2. The van der Waals surface area contributed by atoms with Crippen molar-refractivity contribution >= 4 is 5.95 Å². The number of nitrogens with zero attached hydrogens (tertiary/aromatic N) is 2. The highest BCUT2D eigenvalue weighted by molar-refractivity contribution is 5.46. The Balaban J connectivity index is 2.53. The van der Waals surface area contributed by atoms with Gasteiger partial charge >= 0.3 is 0 Å². The Morgan fingerprint density at radius 2 is 1.88 bits per heavy atom. The zero-order valence-corrected chi connectivity index (χ0v) is 10.2. The molecular formula is C13H17N3. The number of aromatic nitrogens is 2. The summed E-state index contributed by atoms with van der Waals surface area (Å²) in [6, 6.07) is 6.43. The molecule has 2 aromatic rings. The Bertz CT molecular complexity index is 512. The molecule has 0 atom stereocenters. The van der Waals surface area contributed by atoms with Crippen molar-refractivity contribution in [3.05, 3.63) is 41.2 Å². The van der Waals surface area contributed by atoms with Crippen molar-refractivity contribution < 1.29 is 0 Å². The molecule has 0 radical (unpaired) electrons. The summed E-state index contributed by atoms with van der Waals surface area (Å²) in [5.74, 6) is 0.876. The first-order chi connectivity index (χ1) is 7.61. The fraction of sp³-hybridized carbons (Fsp3) is 0.308. The third-order valence-corrected chi connectivity index (χ3v) is 2.82. The van der Waals surface area contributed by atoms with Crippen LogP contribution in [0.2, 0.25) is 0 Å². The lowest BCUT2D eigenvalue weighted by Crippen LogP contribution is -2.01. The van der Waals surface area contributed by atoms with Gasteiger partial charge in [0.05, 0.1) is 5.69 Å². The zero-order valence-electron chi connectivity index (χ0n) is 10.2. The van der Waals surface area contributed by atoms with Gasteiger partial charge < -0.3 is 5.32 Å². The highest BCUT2D eigenvalue weighted by Gasteiger charge is 2.06. The molecule has 0 amide bonds. The second-order valence-corrected chi connectivity index (χ2v) is 4.09. The molecule has 0 saturated heterocycles. The van der Waals surface area contributed by atoms with E-state index in [1.165, 1.54) is 11.1 Å². The first-order valence-corrected chi connectivity index (χ1v) is 5.43. The maximum Gasteiger partial charge on any atom is 0.207 e. The lowest BCUT2D eigenvalue weighted by molar-refractivity contribution is 1.05. The van der Waals surface area contributed by atoms with Crippen LogP contribution in [-0.2, 0) is 0 Å². The Morgan fingerprint density at radius 3 is 2.50 bits per heavy atom. The highest BCUT2D eigenvalue weighted by atomic mass is 15.2. The summed E-state index contributed by atoms with van der Waals surface area (Å²) in [6.45, 7) is 6.25. The van der Waals surface area contributed by atoms with Gasteiger partial charge in [-0.25, -0.2) is 4.98 Å². The number of benzene rings is 1. The number of anilines is 1. The number of hydrogen-bond donors (Lipinski definition) is 1. The maximum absolute atomic E-state index is 4.41. The molecular weight excluding hydrogens is 198 g/mol. The predicted octanol–water partition coefficient (Wildman–Crippen LogP) is 2.84. The Labute approximate surface area is 96.1 Å². The summed E-state index contributed by atoms with van der Waals surface area (Å²) in [6.07, 6.45) is 2.04. The van der Waals surface area contributed by atoms with Gasteiger partial charge in [0.2, 0.25) is 5.95 Å². The molecule has 1 aromatic carbocycles. The highest BCUT2D eigenvalue weighted by Crippen LogP contribution is 2.18. The molecule has 0 aliphatic heterocycles. The number of nitrogens with one attached hydrogen (secondary N) is 1. The van der Waals surface area contributed by atoms with Crippen molar-refractivity contribution in [2.75, 3.05) is 12.4 Å². The first-order valence-electron chi connectivity index (χ1n) is 5.43. The van der Waals surface area contributed by atoms with Gasteiger partial charge in [0.1, 0.15) is 0 Å². The van der Waals surface area contributed by atoms with Crippen LogP contribution in [0.5, 0.6) is 0 Å². The molecule has 0 aliphatic carbocycles. The standard InChI is InChI=1S/C13H17N3/c1-9-5-6-12(7-10(9)2)16-8-11(3)15-13(16)14-4/h5-8H,1-4H3,(H,14,15). The van der Waals surface area contributed by atoms with E-state index in [4.69, 9.17) is 0 Å². The largest absolute Gasteiger partial charge is 0.358 e. The van der Waals surface area contributed by atoms with Crippen molar-refractivity contribution in [1.82, 2.24) is 9.55 Å². The second kappa shape index (κ2) is 4.00. The summed E-state index contributed by atoms with van der Waals surface area (Å²) in [4.78, 5) is 4.41. The third kappa shape index (κ3) is 1.81. The monoisotopic (exact) mass is 215 g/mol. The number of imidazole rings is 1. The minimum atomic E-state index is 0.876. The van der Waals surface area contributed by atoms with E-state index >= 15 is 0 Å². The smallest absolute Gasteiger partial charge is 0.207 e. The first kappa shape index (κ1) is 10.7. The molecule has 16 heavy (non-hydrogen) atoms. The second-order valence-electron chi connectivity index (χ2n) is 4.09. The lowest BCUT2D eigenvalue weighted by atomic mass is 10.1. The van der Waals surface area contributed by atoms with E-state index in [9.17, 15) is 0 Å². The summed E-state index contributed by atoms with van der Waals surface area (Å²) in [7, 11) is 1.89. The topological polar surface area (TPSA) is 29.9 Å². The van der Waals surface area contributed by atoms with Gasteiger partial charge in [-0.15, -0.1) is 0 Å². The molecule has 0 spiro atoms. The SMILES string of the molecule is CNc1nc(C)cn1-c1ccc(C)c(C)c1. The summed E-state index contributed by atoms with van der Waals surface area (Å²) in [5.41, 5.74) is 4.77. The molecule has 0 saturated carbocycles. The van der Waals surface area contributed by atoms with Crippen LogP contribution in [-0.4, -0.2) is 16.6 Å². The molecule has 0 bridgehead atoms. The van der Waals surface area contributed by atoms with Crippen molar-refractivity contribution in [3.8, 4) is 5.69 Å². The van der Waals surface area contributed by atoms with Crippen molar-refractivity contribution in [2.24, 2.45) is 0 Å². The van der Waals surface area contributed by atoms with Crippen LogP contribution >= 0.6 is 0 Å². The van der Waals surface area contributed by atoms with E-state index in [2.05, 4.69) is 46.9 Å². The van der Waals surface area contributed by atoms with E-state index in [-0.39, 0.29) is 0 Å². The van der Waals surface area contributed by atoms with Crippen molar-refractivity contribution in [2.45, 2.75) is 20.8 Å². The van der Waals surface area contributed by atoms with Crippen LogP contribution in [0.1, 0.15) is 16.8 Å². The van der Waals surface area contributed by atoms with E-state index in [0.717, 1.165) is 17.3 Å². The fourth-order valence-electron chi connectivity index (χ4n) is 1.75. The van der Waals surface area contributed by atoms with Crippen LogP contribution in [0.4, 0.5) is 5.95 Å². The van der Waals surface area contributed by atoms with E-state index in [0.29, 0.717) is 0 Å². The van der Waals surface area contributed by atoms with Crippen molar-refractivity contribution in [3.63, 3.8) is 0 Å². The quantitative estimate of drug-likeness (QED) is 0.834. The Morgan fingerprint density at radius 1 is 1.12 bits per heavy atom. The summed E-state index contributed by atoms with van der Waals surface area (Å²) < 4.78 is 2.07. The maximum atomic E-state index is 4.41. The van der Waals surface area contributed by atoms with Crippen LogP contribution < -0.4 is 5.32 Å². The zero-order chi connectivity index (χ0) is 11.7. The summed E-state index contributed by atoms with van der Waals surface area (Å²) in [5, 5.41) is 3.10. The van der Waals surface area contributed by atoms with Gasteiger partial charge in [-0.2, -0.15) is 0 Å². The molecule has 84 valence electrons.